The number of aliphatic hydroxyl groups is 8. The van der Waals surface area contributed by atoms with Gasteiger partial charge >= 0.3 is 5.97 Å². The van der Waals surface area contributed by atoms with Crippen molar-refractivity contribution >= 4 is 11.9 Å². The van der Waals surface area contributed by atoms with Crippen molar-refractivity contribution in [2.24, 2.45) is 85.1 Å². The van der Waals surface area contributed by atoms with Gasteiger partial charge in [0.05, 0.1) is 49.6 Å². The van der Waals surface area contributed by atoms with Gasteiger partial charge in [0.1, 0.15) is 30.0 Å². The Bertz CT molecular complexity index is 2460. The third-order valence-corrected chi connectivity index (χ3v) is 23.6. The van der Waals surface area contributed by atoms with Crippen molar-refractivity contribution in [2.45, 2.75) is 179 Å². The second kappa shape index (κ2) is 20.6. The summed E-state index contributed by atoms with van der Waals surface area (Å²) in [6.07, 6.45) is 4.34. The highest BCUT2D eigenvalue weighted by Crippen LogP contribution is 2.79. The Labute approximate surface area is 451 Å². The Kier molecular flexibility index (Phi) is 15.2. The summed E-state index contributed by atoms with van der Waals surface area (Å²) in [7, 11) is 1.80. The van der Waals surface area contributed by atoms with Crippen LogP contribution in [0.5, 0.6) is 0 Å². The lowest BCUT2D eigenvalue weighted by molar-refractivity contribution is -0.341. The molecule has 1 amide bonds. The number of carbonyl (C=O) groups is 2. The molecule has 4 heterocycles. The SMILES string of the molecule is CNCC(CC(c1cnc[nH]1)C1NC(=O)C2(CCCC2)C1CC1C(O)C(OC2OCC(O)C(O)C2O)C(C)(CO)C2CCC3(C)C(CC=C4C5CC(C)(CO)CC(O)C5(C(=O)O)CC(Cc5cnc[nH]5)C43C)C12C)C(N)O. The van der Waals surface area contributed by atoms with Crippen LogP contribution in [0.4, 0.5) is 0 Å². The number of H-pyrrole nitrogens is 2. The van der Waals surface area contributed by atoms with Gasteiger partial charge in [0, 0.05) is 60.2 Å². The molecule has 0 aromatic carbocycles. The number of aliphatic carboxylic acids is 1. The molecule has 5 saturated carbocycles. The molecule has 10 rings (SSSR count). The predicted octanol–water partition coefficient (Wildman–Crippen LogP) is 2.08. The van der Waals surface area contributed by atoms with Crippen molar-refractivity contribution in [3.63, 3.8) is 0 Å². The minimum Gasteiger partial charge on any atom is -0.481 e. The third-order valence-electron chi connectivity index (χ3n) is 23.6. The summed E-state index contributed by atoms with van der Waals surface area (Å²) in [4.78, 5) is 44.6. The number of aliphatic hydroxyl groups excluding tert-OH is 8. The number of rotatable bonds is 16. The molecule has 1 spiro atoms. The van der Waals surface area contributed by atoms with E-state index in [0.717, 1.165) is 29.8 Å². The number of nitrogens with one attached hydrogen (secondary N) is 4. The van der Waals surface area contributed by atoms with E-state index in [-0.39, 0.29) is 49.7 Å². The van der Waals surface area contributed by atoms with Crippen molar-refractivity contribution in [1.82, 2.24) is 30.6 Å². The highest BCUT2D eigenvalue weighted by Gasteiger charge is 2.76. The Morgan fingerprint density at radius 3 is 2.26 bits per heavy atom. The Hall–Kier alpha value is -3.38. The second-order valence-electron chi connectivity index (χ2n) is 26.9. The number of hydrogen-bond acceptors (Lipinski definition) is 16. The summed E-state index contributed by atoms with van der Waals surface area (Å²) in [5.41, 5.74) is 2.40. The molecule has 0 radical (unpaired) electrons. The molecule has 2 aromatic rings. The zero-order valence-electron chi connectivity index (χ0n) is 45.9. The van der Waals surface area contributed by atoms with E-state index in [4.69, 9.17) is 15.2 Å². The van der Waals surface area contributed by atoms with Crippen molar-refractivity contribution in [3.05, 3.63) is 48.1 Å². The van der Waals surface area contributed by atoms with E-state index in [1.54, 1.807) is 32.1 Å². The van der Waals surface area contributed by atoms with Crippen molar-refractivity contribution in [2.75, 3.05) is 33.4 Å². The smallest absolute Gasteiger partial charge is 0.312 e. The van der Waals surface area contributed by atoms with Crippen LogP contribution < -0.4 is 16.4 Å². The lowest BCUT2D eigenvalue weighted by atomic mass is 9.30. The number of carboxylic acid groups (broad SMARTS) is 1. The zero-order chi connectivity index (χ0) is 55.4. The quantitative estimate of drug-likeness (QED) is 0.0650. The van der Waals surface area contributed by atoms with Gasteiger partial charge in [-0.2, -0.15) is 0 Å². The first kappa shape index (κ1) is 56.9. The van der Waals surface area contributed by atoms with Crippen LogP contribution in [0, 0.1) is 79.3 Å². The molecule has 23 unspecified atom stereocenters. The number of ether oxygens (including phenoxy) is 2. The summed E-state index contributed by atoms with van der Waals surface area (Å²) in [5.74, 6) is -4.51. The molecular weight excluding hydrogens is 991 g/mol. The van der Waals surface area contributed by atoms with Crippen LogP contribution in [0.15, 0.2) is 36.7 Å². The number of carboxylic acids is 1. The average Bonchev–Trinajstić information content (AvgIpc) is 4.30. The van der Waals surface area contributed by atoms with Crippen LogP contribution in [0.1, 0.15) is 129 Å². The lowest BCUT2D eigenvalue weighted by Crippen LogP contribution is -2.73. The summed E-state index contributed by atoms with van der Waals surface area (Å²) in [6.45, 7) is 10.2. The monoisotopic (exact) mass is 1080 g/mol. The first-order valence-corrected chi connectivity index (χ1v) is 28.6. The van der Waals surface area contributed by atoms with Gasteiger partial charge in [-0.15, -0.1) is 0 Å². The number of fused-ring (bicyclic) bond motifs is 7. The molecule has 0 bridgehead atoms. The van der Waals surface area contributed by atoms with E-state index in [2.05, 4.69) is 57.4 Å². The van der Waals surface area contributed by atoms with Gasteiger partial charge in [-0.1, -0.05) is 59.1 Å². The largest absolute Gasteiger partial charge is 0.481 e. The van der Waals surface area contributed by atoms with Gasteiger partial charge in [0.2, 0.25) is 5.91 Å². The van der Waals surface area contributed by atoms with Crippen molar-refractivity contribution < 1.29 is 65.0 Å². The van der Waals surface area contributed by atoms with Crippen LogP contribution in [0.2, 0.25) is 0 Å². The molecule has 6 aliphatic carbocycles. The fourth-order valence-electron chi connectivity index (χ4n) is 19.4. The van der Waals surface area contributed by atoms with E-state index >= 15 is 4.79 Å². The lowest BCUT2D eigenvalue weighted by Gasteiger charge is -2.75. The van der Waals surface area contributed by atoms with Crippen LogP contribution in [-0.2, 0) is 25.5 Å². The van der Waals surface area contributed by atoms with E-state index in [1.807, 2.05) is 13.8 Å². The first-order chi connectivity index (χ1) is 36.4. The van der Waals surface area contributed by atoms with E-state index in [0.29, 0.717) is 64.3 Å². The Morgan fingerprint density at radius 1 is 0.922 bits per heavy atom. The summed E-state index contributed by atoms with van der Waals surface area (Å²) in [6, 6.07) is -0.510. The normalized spacial score (nSPS) is 46.5. The fourth-order valence-corrected chi connectivity index (χ4v) is 19.4. The fraction of sp³-hybridized carbons (Fsp3) is 0.825. The number of nitrogens with zero attached hydrogens (tertiary/aromatic N) is 2. The number of imidazole rings is 2. The number of nitrogens with two attached hydrogens (primary N) is 1. The highest BCUT2D eigenvalue weighted by molar-refractivity contribution is 5.86. The van der Waals surface area contributed by atoms with Crippen LogP contribution >= 0.6 is 0 Å². The van der Waals surface area contributed by atoms with E-state index < -0.39 is 135 Å². The van der Waals surface area contributed by atoms with E-state index in [9.17, 15) is 50.8 Å². The Balaban J connectivity index is 1.16. The number of aromatic nitrogens is 4. The van der Waals surface area contributed by atoms with Crippen LogP contribution in [-0.4, -0.2) is 166 Å². The molecule has 7 fully saturated rings. The maximum atomic E-state index is 15.1. The molecule has 2 saturated heterocycles. The summed E-state index contributed by atoms with van der Waals surface area (Å²) in [5, 5.41) is 111. The molecule has 430 valence electrons. The Morgan fingerprint density at radius 2 is 1.64 bits per heavy atom. The number of amides is 1. The molecule has 20 heteroatoms. The predicted molar refractivity (Wildman–Crippen MR) is 279 cm³/mol. The number of aromatic amines is 2. The average molecular weight is 1080 g/mol. The van der Waals surface area contributed by atoms with E-state index in [1.165, 1.54) is 0 Å². The van der Waals surface area contributed by atoms with Gasteiger partial charge in [-0.25, -0.2) is 9.97 Å². The zero-order valence-corrected chi connectivity index (χ0v) is 45.9. The maximum absolute atomic E-state index is 15.1. The molecule has 15 N–H and O–H groups in total. The third kappa shape index (κ3) is 8.48. The summed E-state index contributed by atoms with van der Waals surface area (Å²) >= 11 is 0. The molecule has 23 atom stereocenters. The van der Waals surface area contributed by atoms with Gasteiger partial charge in [0.15, 0.2) is 6.29 Å². The van der Waals surface area contributed by atoms with Gasteiger partial charge in [-0.3, -0.25) is 9.59 Å². The topological polar surface area (TPSA) is 342 Å². The number of allylic oxidation sites excluding steroid dienone is 2. The minimum atomic E-state index is -1.68. The molecular formula is C57H89N7O13. The highest BCUT2D eigenvalue weighted by atomic mass is 16.7. The number of carbonyl (C=O) groups excluding carboxylic acids is 1. The maximum Gasteiger partial charge on any atom is 0.312 e. The molecule has 8 aliphatic rings. The van der Waals surface area contributed by atoms with Crippen molar-refractivity contribution in [1.29, 1.82) is 0 Å². The molecule has 77 heavy (non-hydrogen) atoms. The van der Waals surface area contributed by atoms with Gasteiger partial charge in [-0.05, 0) is 135 Å². The van der Waals surface area contributed by atoms with Crippen LogP contribution in [0.25, 0.3) is 0 Å². The molecule has 2 aromatic heterocycles. The van der Waals surface area contributed by atoms with Crippen LogP contribution in [0.3, 0.4) is 0 Å². The standard InChI is InChI=1S/C57H89N7O13/c1-51(25-65)19-36-33-9-10-40-53(3,55(33,5)30(16-31-22-60-27-62-31)18-57(36,50(74)75)41(68)20-51)14-11-39-52(2,26-66)46(77-48-45(71)44(70)38(67)24-76-48)43(69)35(54(39,40)4)17-34-42(64-49(73)56(34)12-7-8-13-56)32(37-23-61-28-63-37)15-29(21-59-6)47(58)72/h9,22-23,27-30,32,34-36,38-48,59,65-72H,7-8,10-21,24-26,58H2,1-6H3,(H,60,62)(H,61,63)(H,64,73)(H,74,75). The minimum absolute atomic E-state index is 0.0548. The second-order valence-corrected chi connectivity index (χ2v) is 26.9. The summed E-state index contributed by atoms with van der Waals surface area (Å²) < 4.78 is 12.7. The van der Waals surface area contributed by atoms with Crippen molar-refractivity contribution in [3.8, 4) is 0 Å². The van der Waals surface area contributed by atoms with Gasteiger partial charge < -0.3 is 81.8 Å². The number of hydrogen-bond donors (Lipinski definition) is 14. The first-order valence-electron chi connectivity index (χ1n) is 28.6. The molecule has 20 nitrogen and oxygen atoms in total. The molecule has 2 aliphatic heterocycles. The van der Waals surface area contributed by atoms with Gasteiger partial charge in [0.25, 0.3) is 0 Å².